The molecule has 1 saturated heterocycles. The van der Waals surface area contributed by atoms with Crippen LogP contribution in [-0.2, 0) is 17.8 Å². The number of rotatable bonds is 5. The van der Waals surface area contributed by atoms with E-state index in [1.54, 1.807) is 18.2 Å². The first kappa shape index (κ1) is 20.2. The highest BCUT2D eigenvalue weighted by Gasteiger charge is 2.29. The maximum atomic E-state index is 13.1. The van der Waals surface area contributed by atoms with Crippen molar-refractivity contribution >= 4 is 5.91 Å². The lowest BCUT2D eigenvalue weighted by Gasteiger charge is -2.25. The van der Waals surface area contributed by atoms with Crippen molar-refractivity contribution in [2.45, 2.75) is 31.8 Å². The van der Waals surface area contributed by atoms with E-state index in [1.807, 2.05) is 23.1 Å². The minimum Gasteiger partial charge on any atom is -0.454 e. The molecule has 1 atom stereocenters. The molecular formula is C24H22FN3O4. The van der Waals surface area contributed by atoms with Gasteiger partial charge < -0.3 is 14.4 Å². The van der Waals surface area contributed by atoms with Crippen LogP contribution >= 0.6 is 0 Å². The van der Waals surface area contributed by atoms with Crippen LogP contribution in [0.1, 0.15) is 18.4 Å². The predicted molar refractivity (Wildman–Crippen MR) is 115 cm³/mol. The van der Waals surface area contributed by atoms with Gasteiger partial charge >= 0.3 is 0 Å². The van der Waals surface area contributed by atoms with Crippen molar-refractivity contribution in [1.29, 1.82) is 0 Å². The molecule has 0 N–H and O–H groups in total. The Balaban J connectivity index is 1.33. The van der Waals surface area contributed by atoms with Gasteiger partial charge in [-0.1, -0.05) is 12.1 Å². The molecule has 5 rings (SSSR count). The number of ether oxygens (including phenoxy) is 2. The molecule has 2 aliphatic rings. The summed E-state index contributed by atoms with van der Waals surface area (Å²) in [5.74, 6) is 0.978. The van der Waals surface area contributed by atoms with Crippen LogP contribution in [0.5, 0.6) is 11.5 Å². The fraction of sp³-hybridized carbons (Fsp3) is 0.292. The molecule has 0 bridgehead atoms. The highest BCUT2D eigenvalue weighted by molar-refractivity contribution is 5.79. The van der Waals surface area contributed by atoms with E-state index in [0.29, 0.717) is 30.3 Å². The van der Waals surface area contributed by atoms with Gasteiger partial charge in [0.15, 0.2) is 11.5 Å². The van der Waals surface area contributed by atoms with Crippen LogP contribution in [0.2, 0.25) is 0 Å². The summed E-state index contributed by atoms with van der Waals surface area (Å²) in [6, 6.07) is 14.6. The fourth-order valence-corrected chi connectivity index (χ4v) is 4.22. The summed E-state index contributed by atoms with van der Waals surface area (Å²) in [4.78, 5) is 27.2. The molecule has 0 radical (unpaired) electrons. The van der Waals surface area contributed by atoms with Crippen molar-refractivity contribution in [3.63, 3.8) is 0 Å². The largest absolute Gasteiger partial charge is 0.454 e. The summed E-state index contributed by atoms with van der Waals surface area (Å²) in [5, 5.41) is 4.55. The topological polar surface area (TPSA) is 73.7 Å². The third-order valence-corrected chi connectivity index (χ3v) is 5.88. The van der Waals surface area contributed by atoms with Gasteiger partial charge in [-0.3, -0.25) is 9.59 Å². The minimum absolute atomic E-state index is 0.0286. The average molecular weight is 435 g/mol. The average Bonchev–Trinajstić information content (AvgIpc) is 3.45. The smallest absolute Gasteiger partial charge is 0.266 e. The van der Waals surface area contributed by atoms with E-state index in [9.17, 15) is 14.0 Å². The molecule has 8 heteroatoms. The van der Waals surface area contributed by atoms with Crippen LogP contribution in [0, 0.1) is 5.82 Å². The number of halogens is 1. The molecule has 1 amide bonds. The van der Waals surface area contributed by atoms with E-state index in [1.165, 1.54) is 22.9 Å². The Kier molecular flexibility index (Phi) is 5.34. The van der Waals surface area contributed by atoms with E-state index < -0.39 is 0 Å². The Bertz CT molecular complexity index is 1210. The fourth-order valence-electron chi connectivity index (χ4n) is 4.22. The maximum absolute atomic E-state index is 13.1. The van der Waals surface area contributed by atoms with Crippen molar-refractivity contribution in [2.75, 3.05) is 13.3 Å². The van der Waals surface area contributed by atoms with Gasteiger partial charge in [-0.15, -0.1) is 0 Å². The molecule has 164 valence electrons. The van der Waals surface area contributed by atoms with E-state index in [0.717, 1.165) is 24.0 Å². The number of benzene rings is 2. The summed E-state index contributed by atoms with van der Waals surface area (Å²) in [5.41, 5.74) is 2.01. The number of likely N-dealkylation sites (tertiary alicyclic amines) is 1. The van der Waals surface area contributed by atoms with Gasteiger partial charge in [0.05, 0.1) is 24.7 Å². The molecule has 0 unspecified atom stereocenters. The predicted octanol–water partition coefficient (Wildman–Crippen LogP) is 3.01. The van der Waals surface area contributed by atoms with Crippen molar-refractivity contribution in [3.05, 3.63) is 76.3 Å². The van der Waals surface area contributed by atoms with E-state index >= 15 is 0 Å². The number of hydrogen-bond acceptors (Lipinski definition) is 5. The molecule has 3 aromatic rings. The second-order valence-corrected chi connectivity index (χ2v) is 7.99. The Morgan fingerprint density at radius 2 is 1.88 bits per heavy atom. The van der Waals surface area contributed by atoms with E-state index in [-0.39, 0.29) is 36.5 Å². The van der Waals surface area contributed by atoms with Crippen LogP contribution in [0.3, 0.4) is 0 Å². The quantitative estimate of drug-likeness (QED) is 0.616. The second kappa shape index (κ2) is 8.45. The Hall–Kier alpha value is -3.68. The Morgan fingerprint density at radius 3 is 2.72 bits per heavy atom. The molecule has 0 aliphatic carbocycles. The zero-order valence-electron chi connectivity index (χ0n) is 17.4. The molecule has 7 nitrogen and oxygen atoms in total. The summed E-state index contributed by atoms with van der Waals surface area (Å²) >= 11 is 0. The molecule has 0 saturated carbocycles. The van der Waals surface area contributed by atoms with E-state index in [2.05, 4.69) is 5.10 Å². The van der Waals surface area contributed by atoms with Gasteiger partial charge in [0, 0.05) is 18.2 Å². The third kappa shape index (κ3) is 4.08. The highest BCUT2D eigenvalue weighted by atomic mass is 19.1. The van der Waals surface area contributed by atoms with Crippen LogP contribution in [-0.4, -0.2) is 40.0 Å². The number of aromatic nitrogens is 2. The first-order valence-corrected chi connectivity index (χ1v) is 10.6. The van der Waals surface area contributed by atoms with Crippen LogP contribution in [0.15, 0.2) is 59.4 Å². The number of carbonyl (C=O) groups excluding carboxylic acids is 1. The first-order chi connectivity index (χ1) is 15.6. The van der Waals surface area contributed by atoms with Crippen LogP contribution in [0.25, 0.3) is 11.3 Å². The first-order valence-electron chi connectivity index (χ1n) is 10.6. The number of hydrogen-bond donors (Lipinski definition) is 0. The van der Waals surface area contributed by atoms with Gasteiger partial charge in [0.25, 0.3) is 5.56 Å². The summed E-state index contributed by atoms with van der Waals surface area (Å²) in [7, 11) is 0. The lowest BCUT2D eigenvalue weighted by molar-refractivity contribution is -0.131. The van der Waals surface area contributed by atoms with Crippen LogP contribution in [0.4, 0.5) is 4.39 Å². The number of amides is 1. The molecule has 1 aromatic heterocycles. The SMILES string of the molecule is O=C(Cc1ccc(F)cc1)N1CCC[C@H]1Cn1nc(-c2ccc3c(c2)OCO3)ccc1=O. The van der Waals surface area contributed by atoms with Gasteiger partial charge in [-0.25, -0.2) is 9.07 Å². The zero-order chi connectivity index (χ0) is 22.1. The third-order valence-electron chi connectivity index (χ3n) is 5.88. The van der Waals surface area contributed by atoms with Crippen molar-refractivity contribution in [1.82, 2.24) is 14.7 Å². The van der Waals surface area contributed by atoms with Crippen molar-refractivity contribution < 1.29 is 18.7 Å². The van der Waals surface area contributed by atoms with Crippen molar-refractivity contribution in [2.24, 2.45) is 0 Å². The highest BCUT2D eigenvalue weighted by Crippen LogP contribution is 2.35. The van der Waals surface area contributed by atoms with Gasteiger partial charge in [0.2, 0.25) is 12.7 Å². The molecule has 32 heavy (non-hydrogen) atoms. The number of fused-ring (bicyclic) bond motifs is 1. The summed E-state index contributed by atoms with van der Waals surface area (Å²) in [6.07, 6.45) is 1.88. The maximum Gasteiger partial charge on any atom is 0.266 e. The number of nitrogens with zero attached hydrogens (tertiary/aromatic N) is 3. The molecule has 2 aliphatic heterocycles. The lowest BCUT2D eigenvalue weighted by Crippen LogP contribution is -2.41. The Labute approximate surface area is 184 Å². The van der Waals surface area contributed by atoms with Crippen molar-refractivity contribution in [3.8, 4) is 22.8 Å². The number of carbonyl (C=O) groups is 1. The van der Waals surface area contributed by atoms with Crippen LogP contribution < -0.4 is 15.0 Å². The van der Waals surface area contributed by atoms with Gasteiger partial charge in [0.1, 0.15) is 5.82 Å². The minimum atomic E-state index is -0.326. The normalized spacial score (nSPS) is 17.0. The lowest BCUT2D eigenvalue weighted by atomic mass is 10.1. The molecule has 1 fully saturated rings. The molecule has 0 spiro atoms. The zero-order valence-corrected chi connectivity index (χ0v) is 17.4. The Morgan fingerprint density at radius 1 is 1.06 bits per heavy atom. The summed E-state index contributed by atoms with van der Waals surface area (Å²) < 4.78 is 25.3. The molecular weight excluding hydrogens is 413 g/mol. The molecule has 2 aromatic carbocycles. The monoisotopic (exact) mass is 435 g/mol. The van der Waals surface area contributed by atoms with E-state index in [4.69, 9.17) is 9.47 Å². The van der Waals surface area contributed by atoms with Gasteiger partial charge in [-0.05, 0) is 54.8 Å². The summed E-state index contributed by atoms with van der Waals surface area (Å²) in [6.45, 7) is 1.16. The second-order valence-electron chi connectivity index (χ2n) is 7.99. The van der Waals surface area contributed by atoms with Gasteiger partial charge in [-0.2, -0.15) is 5.10 Å². The standard InChI is InChI=1S/C24H22FN3O4/c25-18-6-3-16(4-7-18)12-24(30)27-11-1-2-19(27)14-28-23(29)10-8-20(26-28)17-5-9-21-22(13-17)32-15-31-21/h3-10,13,19H,1-2,11-12,14-15H2/t19-/m0/s1. The molecule has 3 heterocycles.